The number of hydrogen-bond donors (Lipinski definition) is 1. The Morgan fingerprint density at radius 3 is 2.40 bits per heavy atom. The number of rotatable bonds is 10. The molecule has 2 aliphatic rings. The summed E-state index contributed by atoms with van der Waals surface area (Å²) in [6.45, 7) is 3.01. The number of alkyl halides is 3. The summed E-state index contributed by atoms with van der Waals surface area (Å²) in [5.41, 5.74) is -1.25. The predicted molar refractivity (Wildman–Crippen MR) is 139 cm³/mol. The van der Waals surface area contributed by atoms with E-state index in [0.717, 1.165) is 29.3 Å². The molecular formula is C26H33F3N4O6S. The fraction of sp³-hybridized carbons (Fsp3) is 0.538. The molecule has 0 radical (unpaired) electrons. The molecule has 0 unspecified atom stereocenters. The average molecular weight is 587 g/mol. The van der Waals surface area contributed by atoms with Crippen LogP contribution in [0.3, 0.4) is 0 Å². The van der Waals surface area contributed by atoms with E-state index in [1.54, 1.807) is 26.2 Å². The van der Waals surface area contributed by atoms with Crippen LogP contribution in [0.25, 0.3) is 0 Å². The van der Waals surface area contributed by atoms with Crippen LogP contribution in [0, 0.1) is 0 Å². The van der Waals surface area contributed by atoms with E-state index < -0.39 is 45.3 Å². The summed E-state index contributed by atoms with van der Waals surface area (Å²) in [4.78, 5) is 18.9. The third-order valence-corrected chi connectivity index (χ3v) is 8.48. The third kappa shape index (κ3) is 7.22. The van der Waals surface area contributed by atoms with Gasteiger partial charge in [0.25, 0.3) is 5.91 Å². The molecule has 1 aromatic heterocycles. The van der Waals surface area contributed by atoms with Gasteiger partial charge in [0, 0.05) is 51.7 Å². The van der Waals surface area contributed by atoms with Crippen LogP contribution in [0.2, 0.25) is 0 Å². The standard InChI is InChI=1S/C26H33F3N4O6S/c1-4-23(22-7-6-18(16-30-22)38-20-14-19(15-20)37-3)39-24-8-5-17(13-21(24)26(27,28)29)25(34)31-40(35,36)33-11-9-32(2)10-12-33/h5-8,13,16,19-20,23H,4,9-12,14-15H2,1-3H3,(H,31,34)/t19?,20?,23-/m1/s1. The van der Waals surface area contributed by atoms with Crippen LogP contribution in [0.15, 0.2) is 36.5 Å². The first-order chi connectivity index (χ1) is 18.9. The summed E-state index contributed by atoms with van der Waals surface area (Å²) in [5.74, 6) is -1.13. The van der Waals surface area contributed by atoms with Crippen molar-refractivity contribution in [3.05, 3.63) is 53.3 Å². The molecule has 2 aromatic rings. The predicted octanol–water partition coefficient (Wildman–Crippen LogP) is 3.41. The van der Waals surface area contributed by atoms with Crippen LogP contribution in [-0.2, 0) is 21.1 Å². The maximum Gasteiger partial charge on any atom is 0.419 e. The average Bonchev–Trinajstić information content (AvgIpc) is 2.89. The van der Waals surface area contributed by atoms with Crippen molar-refractivity contribution in [3.63, 3.8) is 0 Å². The lowest BCUT2D eigenvalue weighted by Gasteiger charge is -2.34. The van der Waals surface area contributed by atoms with Gasteiger partial charge in [-0.15, -0.1) is 0 Å². The first-order valence-corrected chi connectivity index (χ1v) is 14.4. The van der Waals surface area contributed by atoms with Crippen LogP contribution in [0.5, 0.6) is 11.5 Å². The monoisotopic (exact) mass is 586 g/mol. The lowest BCUT2D eigenvalue weighted by atomic mass is 9.92. The van der Waals surface area contributed by atoms with Gasteiger partial charge in [0.2, 0.25) is 0 Å². The lowest BCUT2D eigenvalue weighted by molar-refractivity contribution is -0.139. The highest BCUT2D eigenvalue weighted by Gasteiger charge is 2.37. The molecule has 0 spiro atoms. The van der Waals surface area contributed by atoms with E-state index in [-0.39, 0.29) is 25.3 Å². The Kier molecular flexibility index (Phi) is 9.22. The molecule has 4 rings (SSSR count). The molecule has 1 aromatic carbocycles. The summed E-state index contributed by atoms with van der Waals surface area (Å²) < 4.78 is 86.9. The van der Waals surface area contributed by atoms with Crippen LogP contribution in [0.1, 0.15) is 53.9 Å². The first kappa shape index (κ1) is 30.0. The quantitative estimate of drug-likeness (QED) is 0.451. The number of nitrogens with zero attached hydrogens (tertiary/aromatic N) is 3. The molecule has 1 atom stereocenters. The molecule has 2 heterocycles. The number of ether oxygens (including phenoxy) is 3. The van der Waals surface area contributed by atoms with Gasteiger partial charge in [-0.05, 0) is 43.8 Å². The van der Waals surface area contributed by atoms with E-state index in [1.165, 1.54) is 6.20 Å². The van der Waals surface area contributed by atoms with Crippen molar-refractivity contribution in [1.29, 1.82) is 0 Å². The second-order valence-electron chi connectivity index (χ2n) is 9.85. The third-order valence-electron chi connectivity index (χ3n) is 6.99. The molecule has 1 saturated carbocycles. The Morgan fingerprint density at radius 1 is 1.12 bits per heavy atom. The van der Waals surface area contributed by atoms with Crippen molar-refractivity contribution in [3.8, 4) is 11.5 Å². The normalized spacial score (nSPS) is 21.4. The summed E-state index contributed by atoms with van der Waals surface area (Å²) in [6, 6.07) is 6.03. The van der Waals surface area contributed by atoms with Crippen molar-refractivity contribution in [2.24, 2.45) is 0 Å². The number of amides is 1. The molecule has 1 aliphatic carbocycles. The number of benzene rings is 1. The van der Waals surface area contributed by atoms with Crippen LogP contribution >= 0.6 is 0 Å². The number of methoxy groups -OCH3 is 1. The second-order valence-corrected chi connectivity index (χ2v) is 11.5. The van der Waals surface area contributed by atoms with Gasteiger partial charge < -0.3 is 19.1 Å². The molecule has 1 amide bonds. The van der Waals surface area contributed by atoms with E-state index in [9.17, 15) is 26.4 Å². The van der Waals surface area contributed by atoms with Crippen molar-refractivity contribution in [1.82, 2.24) is 18.9 Å². The number of nitrogens with one attached hydrogen (secondary N) is 1. The fourth-order valence-corrected chi connectivity index (χ4v) is 5.55. The Hall–Kier alpha value is -2.94. The molecule has 2 fully saturated rings. The van der Waals surface area contributed by atoms with Gasteiger partial charge >= 0.3 is 16.4 Å². The van der Waals surface area contributed by atoms with Crippen molar-refractivity contribution in [2.45, 2.75) is 50.7 Å². The highest BCUT2D eigenvalue weighted by molar-refractivity contribution is 7.87. The minimum absolute atomic E-state index is 0.0254. The largest absolute Gasteiger partial charge is 0.489 e. The minimum atomic E-state index is -4.87. The van der Waals surface area contributed by atoms with Crippen LogP contribution in [-0.4, -0.2) is 81.1 Å². The number of aromatic nitrogens is 1. The Bertz CT molecular complexity index is 1280. The van der Waals surface area contributed by atoms with Gasteiger partial charge in [0.05, 0.1) is 23.6 Å². The lowest BCUT2D eigenvalue weighted by Crippen LogP contribution is -2.52. The number of halogens is 3. The highest BCUT2D eigenvalue weighted by Crippen LogP contribution is 2.39. The van der Waals surface area contributed by atoms with E-state index in [4.69, 9.17) is 14.2 Å². The molecule has 40 heavy (non-hydrogen) atoms. The van der Waals surface area contributed by atoms with Crippen molar-refractivity contribution < 1.29 is 40.6 Å². The van der Waals surface area contributed by atoms with Gasteiger partial charge in [-0.2, -0.15) is 25.9 Å². The van der Waals surface area contributed by atoms with Crippen LogP contribution < -0.4 is 14.2 Å². The Morgan fingerprint density at radius 2 is 1.82 bits per heavy atom. The van der Waals surface area contributed by atoms with E-state index in [1.807, 2.05) is 16.7 Å². The van der Waals surface area contributed by atoms with Gasteiger partial charge in [-0.25, -0.2) is 4.72 Å². The minimum Gasteiger partial charge on any atom is -0.489 e. The molecule has 220 valence electrons. The zero-order chi connectivity index (χ0) is 29.1. The molecule has 1 aliphatic heterocycles. The number of hydrogen-bond acceptors (Lipinski definition) is 8. The first-order valence-electron chi connectivity index (χ1n) is 12.9. The summed E-state index contributed by atoms with van der Waals surface area (Å²) in [6.07, 6.45) is -2.12. The van der Waals surface area contributed by atoms with E-state index in [2.05, 4.69) is 4.98 Å². The maximum atomic E-state index is 14.0. The van der Waals surface area contributed by atoms with Crippen molar-refractivity contribution in [2.75, 3.05) is 40.3 Å². The van der Waals surface area contributed by atoms with E-state index >= 15 is 0 Å². The molecule has 1 N–H and O–H groups in total. The van der Waals surface area contributed by atoms with Gasteiger partial charge in [-0.3, -0.25) is 9.78 Å². The molecule has 1 saturated heterocycles. The van der Waals surface area contributed by atoms with Crippen LogP contribution in [0.4, 0.5) is 13.2 Å². The topological polar surface area (TPSA) is 110 Å². The van der Waals surface area contributed by atoms with Crippen molar-refractivity contribution >= 4 is 16.1 Å². The van der Waals surface area contributed by atoms with Gasteiger partial charge in [-0.1, -0.05) is 6.92 Å². The molecular weight excluding hydrogens is 553 g/mol. The summed E-state index contributed by atoms with van der Waals surface area (Å²) in [5, 5.41) is 0. The van der Waals surface area contributed by atoms with E-state index in [0.29, 0.717) is 37.0 Å². The number of carbonyl (C=O) groups is 1. The zero-order valence-corrected chi connectivity index (χ0v) is 23.3. The number of carbonyl (C=O) groups excluding carboxylic acids is 1. The number of likely N-dealkylation sites (N-methyl/N-ethyl adjacent to an activating group) is 1. The number of piperazine rings is 1. The summed E-state index contributed by atoms with van der Waals surface area (Å²) in [7, 11) is -0.733. The zero-order valence-electron chi connectivity index (χ0n) is 22.5. The number of pyridine rings is 1. The highest BCUT2D eigenvalue weighted by atomic mass is 32.2. The Balaban J connectivity index is 1.47. The smallest absolute Gasteiger partial charge is 0.419 e. The van der Waals surface area contributed by atoms with Gasteiger partial charge in [0.1, 0.15) is 23.7 Å². The fourth-order valence-electron chi connectivity index (χ4n) is 4.42. The SMILES string of the molecule is CC[C@@H](Oc1ccc(C(=O)NS(=O)(=O)N2CCN(C)CC2)cc1C(F)(F)F)c1ccc(OC2CC(OC)C2)cn1. The Labute approximate surface area is 231 Å². The second kappa shape index (κ2) is 12.3. The molecule has 10 nitrogen and oxygen atoms in total. The maximum absolute atomic E-state index is 14.0. The molecule has 0 bridgehead atoms. The molecule has 14 heteroatoms. The summed E-state index contributed by atoms with van der Waals surface area (Å²) >= 11 is 0. The van der Waals surface area contributed by atoms with Gasteiger partial charge in [0.15, 0.2) is 0 Å².